The fourth-order valence-electron chi connectivity index (χ4n) is 2.60. The van der Waals surface area contributed by atoms with E-state index in [-0.39, 0.29) is 17.4 Å². The highest BCUT2D eigenvalue weighted by atomic mass is 32.2. The lowest BCUT2D eigenvalue weighted by Gasteiger charge is -2.27. The van der Waals surface area contributed by atoms with Gasteiger partial charge in [-0.3, -0.25) is 9.59 Å². The normalized spacial score (nSPS) is 18.4. The summed E-state index contributed by atoms with van der Waals surface area (Å²) in [7, 11) is 0. The molecular formula is C16H20N4O2S. The molecule has 0 bridgehead atoms. The van der Waals surface area contributed by atoms with E-state index in [9.17, 15) is 9.59 Å². The van der Waals surface area contributed by atoms with E-state index in [4.69, 9.17) is 0 Å². The third-order valence-corrected chi connectivity index (χ3v) is 4.64. The van der Waals surface area contributed by atoms with E-state index in [2.05, 4.69) is 15.3 Å². The molecule has 1 aliphatic rings. The molecule has 2 N–H and O–H groups in total. The molecule has 0 aliphatic carbocycles. The number of rotatable bonds is 2. The Balaban J connectivity index is 1.85. The van der Waals surface area contributed by atoms with E-state index in [1.807, 2.05) is 26.8 Å². The number of hydrogen-bond acceptors (Lipinski definition) is 4. The summed E-state index contributed by atoms with van der Waals surface area (Å²) >= 11 is 1.59. The fraction of sp³-hybridized carbons (Fsp3) is 0.438. The predicted molar refractivity (Wildman–Crippen MR) is 91.3 cm³/mol. The summed E-state index contributed by atoms with van der Waals surface area (Å²) in [5.41, 5.74) is 0.923. The van der Waals surface area contributed by atoms with Gasteiger partial charge in [0.2, 0.25) is 5.91 Å². The van der Waals surface area contributed by atoms with Crippen molar-refractivity contribution in [3.63, 3.8) is 0 Å². The zero-order valence-electron chi connectivity index (χ0n) is 13.4. The van der Waals surface area contributed by atoms with Gasteiger partial charge in [-0.05, 0) is 32.9 Å². The number of pyridine rings is 1. The second kappa shape index (κ2) is 5.88. The van der Waals surface area contributed by atoms with Gasteiger partial charge >= 0.3 is 0 Å². The van der Waals surface area contributed by atoms with E-state index in [1.54, 1.807) is 35.1 Å². The Morgan fingerprint density at radius 3 is 2.96 bits per heavy atom. The Labute approximate surface area is 139 Å². The third-order valence-electron chi connectivity index (χ3n) is 3.63. The summed E-state index contributed by atoms with van der Waals surface area (Å²) in [6.07, 6.45) is 3.35. The smallest absolute Gasteiger partial charge is 0.257 e. The maximum Gasteiger partial charge on any atom is 0.257 e. The van der Waals surface area contributed by atoms with Crippen LogP contribution in [-0.4, -0.2) is 49.9 Å². The average Bonchev–Trinajstić information content (AvgIpc) is 3.12. The van der Waals surface area contributed by atoms with Gasteiger partial charge < -0.3 is 15.2 Å². The quantitative estimate of drug-likeness (QED) is 0.882. The van der Waals surface area contributed by atoms with Gasteiger partial charge in [-0.1, -0.05) is 0 Å². The summed E-state index contributed by atoms with van der Waals surface area (Å²) in [4.78, 5) is 34.2. The van der Waals surface area contributed by atoms with Crippen LogP contribution in [0.2, 0.25) is 0 Å². The molecule has 0 spiro atoms. The van der Waals surface area contributed by atoms with Crippen LogP contribution in [0.4, 0.5) is 0 Å². The highest BCUT2D eigenvalue weighted by Gasteiger charge is 2.37. The molecule has 7 heteroatoms. The minimum absolute atomic E-state index is 0.103. The van der Waals surface area contributed by atoms with E-state index < -0.39 is 6.04 Å². The van der Waals surface area contributed by atoms with Crippen molar-refractivity contribution in [2.45, 2.75) is 32.4 Å². The lowest BCUT2D eigenvalue weighted by Crippen LogP contribution is -2.52. The summed E-state index contributed by atoms with van der Waals surface area (Å²) < 4.78 is 0. The van der Waals surface area contributed by atoms with Crippen molar-refractivity contribution in [2.24, 2.45) is 0 Å². The van der Waals surface area contributed by atoms with Gasteiger partial charge in [0.05, 0.1) is 11.4 Å². The van der Waals surface area contributed by atoms with Crippen molar-refractivity contribution in [3.05, 3.63) is 30.1 Å². The second-order valence-electron chi connectivity index (χ2n) is 6.63. The first kappa shape index (κ1) is 15.9. The minimum atomic E-state index is -0.437. The summed E-state index contributed by atoms with van der Waals surface area (Å²) in [6, 6.07) is 3.22. The zero-order valence-corrected chi connectivity index (χ0v) is 14.2. The first-order chi connectivity index (χ1) is 10.9. The van der Waals surface area contributed by atoms with Gasteiger partial charge in [-0.15, -0.1) is 11.8 Å². The topological polar surface area (TPSA) is 78.1 Å². The number of carbonyl (C=O) groups is 2. The number of nitrogens with one attached hydrogen (secondary N) is 2. The molecule has 23 heavy (non-hydrogen) atoms. The lowest BCUT2D eigenvalue weighted by molar-refractivity contribution is -0.125. The molecule has 1 fully saturated rings. The van der Waals surface area contributed by atoms with Crippen molar-refractivity contribution in [1.82, 2.24) is 20.2 Å². The van der Waals surface area contributed by atoms with Crippen molar-refractivity contribution >= 4 is 34.6 Å². The number of aromatic nitrogens is 2. The van der Waals surface area contributed by atoms with Gasteiger partial charge in [-0.2, -0.15) is 0 Å². The van der Waals surface area contributed by atoms with Gasteiger partial charge in [0.15, 0.2) is 0 Å². The molecule has 0 radical (unpaired) electrons. The van der Waals surface area contributed by atoms with Crippen LogP contribution in [0.15, 0.2) is 24.5 Å². The van der Waals surface area contributed by atoms with Crippen LogP contribution in [0.1, 0.15) is 31.1 Å². The van der Waals surface area contributed by atoms with Crippen molar-refractivity contribution in [3.8, 4) is 0 Å². The van der Waals surface area contributed by atoms with Crippen LogP contribution < -0.4 is 5.32 Å². The Hall–Kier alpha value is -2.02. The molecule has 3 heterocycles. The SMILES string of the molecule is CC(C)(C)NC(=O)[C@H]1CSCN1C(=O)c1c[nH]c2ncccc12. The maximum atomic E-state index is 12.9. The van der Waals surface area contributed by atoms with E-state index in [0.717, 1.165) is 5.39 Å². The van der Waals surface area contributed by atoms with Crippen molar-refractivity contribution < 1.29 is 9.59 Å². The Bertz CT molecular complexity index is 750. The van der Waals surface area contributed by atoms with Gasteiger partial charge in [0.1, 0.15) is 11.7 Å². The first-order valence-electron chi connectivity index (χ1n) is 7.50. The molecule has 2 aromatic heterocycles. The molecule has 1 aliphatic heterocycles. The van der Waals surface area contributed by atoms with Crippen LogP contribution in [-0.2, 0) is 4.79 Å². The number of carbonyl (C=O) groups excluding carboxylic acids is 2. The second-order valence-corrected chi connectivity index (χ2v) is 7.63. The third kappa shape index (κ3) is 3.19. The molecule has 0 saturated carbocycles. The van der Waals surface area contributed by atoms with Crippen LogP contribution in [0.25, 0.3) is 11.0 Å². The van der Waals surface area contributed by atoms with Crippen LogP contribution in [0, 0.1) is 0 Å². The summed E-state index contributed by atoms with van der Waals surface area (Å²) in [6.45, 7) is 5.81. The van der Waals surface area contributed by atoms with Gasteiger partial charge in [0.25, 0.3) is 5.91 Å². The molecule has 0 aromatic carbocycles. The molecule has 1 atom stereocenters. The lowest BCUT2D eigenvalue weighted by atomic mass is 10.1. The van der Waals surface area contributed by atoms with Crippen molar-refractivity contribution in [1.29, 1.82) is 0 Å². The average molecular weight is 332 g/mol. The number of hydrogen-bond donors (Lipinski definition) is 2. The summed E-state index contributed by atoms with van der Waals surface area (Å²) in [5, 5.41) is 3.74. The van der Waals surface area contributed by atoms with E-state index in [1.165, 1.54) is 0 Å². The zero-order chi connectivity index (χ0) is 16.6. The summed E-state index contributed by atoms with van der Waals surface area (Å²) in [5.74, 6) is 0.902. The Morgan fingerprint density at radius 1 is 1.43 bits per heavy atom. The number of amides is 2. The predicted octanol–water partition coefficient (Wildman–Crippen LogP) is 1.99. The first-order valence-corrected chi connectivity index (χ1v) is 8.65. The highest BCUT2D eigenvalue weighted by molar-refractivity contribution is 7.99. The van der Waals surface area contributed by atoms with Gasteiger partial charge in [-0.25, -0.2) is 4.98 Å². The Morgan fingerprint density at radius 2 is 2.22 bits per heavy atom. The standard InChI is InChI=1S/C16H20N4O2S/c1-16(2,3)19-14(21)12-8-23-9-20(12)15(22)11-7-18-13-10(11)5-4-6-17-13/h4-7,12H,8-9H2,1-3H3,(H,17,18)(H,19,21)/t12-/m1/s1. The molecule has 122 valence electrons. The number of H-pyrrole nitrogens is 1. The monoisotopic (exact) mass is 332 g/mol. The molecular weight excluding hydrogens is 312 g/mol. The molecule has 2 aromatic rings. The number of nitrogens with zero attached hydrogens (tertiary/aromatic N) is 2. The van der Waals surface area contributed by atoms with Crippen molar-refractivity contribution in [2.75, 3.05) is 11.6 Å². The maximum absolute atomic E-state index is 12.9. The Kier molecular flexibility index (Phi) is 4.06. The van der Waals surface area contributed by atoms with Crippen LogP contribution in [0.3, 0.4) is 0 Å². The molecule has 6 nitrogen and oxygen atoms in total. The molecule has 2 amide bonds. The molecule has 3 rings (SSSR count). The van der Waals surface area contributed by atoms with E-state index >= 15 is 0 Å². The highest BCUT2D eigenvalue weighted by Crippen LogP contribution is 2.26. The number of fused-ring (bicyclic) bond motifs is 1. The van der Waals surface area contributed by atoms with Crippen LogP contribution >= 0.6 is 11.8 Å². The largest absolute Gasteiger partial charge is 0.350 e. The fourth-order valence-corrected chi connectivity index (χ4v) is 3.75. The molecule has 1 saturated heterocycles. The molecule has 0 unspecified atom stereocenters. The van der Waals surface area contributed by atoms with Gasteiger partial charge in [0, 0.05) is 29.1 Å². The number of thioether (sulfide) groups is 1. The minimum Gasteiger partial charge on any atom is -0.350 e. The number of aromatic amines is 1. The van der Waals surface area contributed by atoms with E-state index in [0.29, 0.717) is 22.8 Å². The van der Waals surface area contributed by atoms with Crippen LogP contribution in [0.5, 0.6) is 0 Å².